The molecule has 2 aromatic carbocycles. The average Bonchev–Trinajstić information content (AvgIpc) is 2.95. The molecule has 1 fully saturated rings. The van der Waals surface area contributed by atoms with Crippen LogP contribution in [0.5, 0.6) is 11.5 Å². The van der Waals surface area contributed by atoms with Crippen molar-refractivity contribution in [2.45, 2.75) is 0 Å². The average molecular weight is 367 g/mol. The fourth-order valence-corrected chi connectivity index (χ4v) is 2.53. The van der Waals surface area contributed by atoms with Crippen molar-refractivity contribution >= 4 is 29.5 Å². The second-order valence-corrected chi connectivity index (χ2v) is 5.64. The summed E-state index contributed by atoms with van der Waals surface area (Å²) in [6.45, 7) is -0.288. The van der Waals surface area contributed by atoms with E-state index in [-0.39, 0.29) is 12.2 Å². The first-order chi connectivity index (χ1) is 13.0. The lowest BCUT2D eigenvalue weighted by atomic mass is 10.1. The molecule has 0 atom stereocenters. The summed E-state index contributed by atoms with van der Waals surface area (Å²) in [6.07, 6.45) is 1.46. The number of hydrogen-bond acceptors (Lipinski definition) is 5. The van der Waals surface area contributed by atoms with Gasteiger partial charge in [-0.15, -0.1) is 0 Å². The third-order valence-electron chi connectivity index (χ3n) is 3.77. The molecule has 0 bridgehead atoms. The quantitative estimate of drug-likeness (QED) is 0.585. The molecule has 1 saturated heterocycles. The van der Waals surface area contributed by atoms with Crippen molar-refractivity contribution in [2.75, 3.05) is 18.7 Å². The smallest absolute Gasteiger partial charge is 0.282 e. The van der Waals surface area contributed by atoms with Gasteiger partial charge in [0.1, 0.15) is 5.57 Å². The van der Waals surface area contributed by atoms with Gasteiger partial charge in [0.05, 0.1) is 12.8 Å². The molecule has 0 aromatic heterocycles. The summed E-state index contributed by atoms with van der Waals surface area (Å²) in [5.41, 5.74) is 8.71. The van der Waals surface area contributed by atoms with Crippen LogP contribution >= 0.6 is 0 Å². The summed E-state index contributed by atoms with van der Waals surface area (Å²) in [5, 5.41) is 1.19. The number of amides is 3. The molecule has 3 amide bonds. The molecule has 1 aliphatic heterocycles. The van der Waals surface area contributed by atoms with Crippen LogP contribution in [-0.4, -0.2) is 31.4 Å². The third kappa shape index (κ3) is 3.90. The topological polar surface area (TPSA) is 111 Å². The molecule has 0 saturated carbocycles. The fraction of sp³-hybridized carbons (Fsp3) is 0.105. The van der Waals surface area contributed by atoms with Gasteiger partial charge in [-0.05, 0) is 35.9 Å². The Balaban J connectivity index is 1.86. The molecule has 1 heterocycles. The Bertz CT molecular complexity index is 924. The molecule has 138 valence electrons. The summed E-state index contributed by atoms with van der Waals surface area (Å²) in [4.78, 5) is 35.7. The Hall–Kier alpha value is -3.81. The zero-order valence-corrected chi connectivity index (χ0v) is 14.5. The number of rotatable bonds is 6. The van der Waals surface area contributed by atoms with Crippen LogP contribution in [0.2, 0.25) is 0 Å². The van der Waals surface area contributed by atoms with Crippen LogP contribution in [0.15, 0.2) is 54.1 Å². The number of nitrogens with one attached hydrogen (secondary N) is 1. The zero-order chi connectivity index (χ0) is 19.4. The summed E-state index contributed by atoms with van der Waals surface area (Å²) in [5.74, 6) is -0.906. The summed E-state index contributed by atoms with van der Waals surface area (Å²) < 4.78 is 10.5. The number of carbonyl (C=O) groups is 3. The highest BCUT2D eigenvalue weighted by molar-refractivity contribution is 6.31. The number of ether oxygens (including phenoxy) is 2. The first kappa shape index (κ1) is 18.0. The highest BCUT2D eigenvalue weighted by Gasteiger charge is 2.34. The third-order valence-corrected chi connectivity index (χ3v) is 3.77. The predicted molar refractivity (Wildman–Crippen MR) is 97.7 cm³/mol. The van der Waals surface area contributed by atoms with Crippen molar-refractivity contribution < 1.29 is 23.9 Å². The molecule has 0 spiro atoms. The number of methoxy groups -OCH3 is 1. The minimum absolute atomic E-state index is 0.00768. The molecule has 8 nitrogen and oxygen atoms in total. The van der Waals surface area contributed by atoms with Crippen LogP contribution in [0.25, 0.3) is 6.08 Å². The molecular weight excluding hydrogens is 350 g/mol. The van der Waals surface area contributed by atoms with Crippen LogP contribution < -0.4 is 25.6 Å². The van der Waals surface area contributed by atoms with Gasteiger partial charge in [0.2, 0.25) is 0 Å². The molecule has 3 rings (SSSR count). The van der Waals surface area contributed by atoms with Crippen molar-refractivity contribution in [2.24, 2.45) is 5.73 Å². The van der Waals surface area contributed by atoms with E-state index < -0.39 is 17.7 Å². The van der Waals surface area contributed by atoms with E-state index >= 15 is 0 Å². The van der Waals surface area contributed by atoms with Crippen molar-refractivity contribution in [3.63, 3.8) is 0 Å². The number of hydrazine groups is 1. The zero-order valence-electron chi connectivity index (χ0n) is 14.5. The Labute approximate surface area is 155 Å². The molecule has 0 aliphatic carbocycles. The van der Waals surface area contributed by atoms with E-state index in [2.05, 4.69) is 5.43 Å². The number of nitrogens with two attached hydrogens (primary N) is 1. The summed E-state index contributed by atoms with van der Waals surface area (Å²) in [7, 11) is 1.44. The van der Waals surface area contributed by atoms with Gasteiger partial charge in [-0.2, -0.15) is 0 Å². The number of hydrogen-bond donors (Lipinski definition) is 2. The maximum absolute atomic E-state index is 12.6. The van der Waals surface area contributed by atoms with Gasteiger partial charge in [-0.3, -0.25) is 19.8 Å². The van der Waals surface area contributed by atoms with Gasteiger partial charge >= 0.3 is 0 Å². The van der Waals surface area contributed by atoms with Gasteiger partial charge in [0, 0.05) is 0 Å². The number of nitrogens with zero attached hydrogens (tertiary/aromatic N) is 1. The number of benzene rings is 2. The van der Waals surface area contributed by atoms with Gasteiger partial charge in [-0.25, -0.2) is 5.01 Å². The van der Waals surface area contributed by atoms with Gasteiger partial charge in [-0.1, -0.05) is 24.3 Å². The standard InChI is InChI=1S/C19H17N3O5/c1-26-16-10-12(7-8-15(16)27-11-17(20)23)9-14-18(24)21-22(19(14)25)13-5-3-2-4-6-13/h2-10H,11H2,1H3,(H2,20,23)(H,21,24)/b14-9-. The van der Waals surface area contributed by atoms with Crippen LogP contribution in [0.4, 0.5) is 5.69 Å². The van der Waals surface area contributed by atoms with E-state index in [1.807, 2.05) is 6.07 Å². The molecule has 0 unspecified atom stereocenters. The highest BCUT2D eigenvalue weighted by Crippen LogP contribution is 2.29. The van der Waals surface area contributed by atoms with E-state index in [0.29, 0.717) is 22.7 Å². The van der Waals surface area contributed by atoms with Gasteiger partial charge in [0.15, 0.2) is 18.1 Å². The first-order valence-electron chi connectivity index (χ1n) is 8.01. The monoisotopic (exact) mass is 367 g/mol. The maximum Gasteiger partial charge on any atom is 0.282 e. The Morgan fingerprint density at radius 2 is 1.89 bits per heavy atom. The minimum atomic E-state index is -0.613. The maximum atomic E-state index is 12.6. The molecule has 0 radical (unpaired) electrons. The lowest BCUT2D eigenvalue weighted by Crippen LogP contribution is -2.35. The predicted octanol–water partition coefficient (Wildman–Crippen LogP) is 1.02. The molecule has 27 heavy (non-hydrogen) atoms. The Kier molecular flexibility index (Phi) is 5.07. The van der Waals surface area contributed by atoms with Crippen LogP contribution in [-0.2, 0) is 14.4 Å². The fourth-order valence-electron chi connectivity index (χ4n) is 2.53. The van der Waals surface area contributed by atoms with Crippen LogP contribution in [0.3, 0.4) is 0 Å². The second kappa shape index (κ2) is 7.61. The van der Waals surface area contributed by atoms with Crippen molar-refractivity contribution in [1.82, 2.24) is 5.43 Å². The van der Waals surface area contributed by atoms with E-state index in [1.165, 1.54) is 18.2 Å². The van der Waals surface area contributed by atoms with Crippen LogP contribution in [0, 0.1) is 0 Å². The van der Waals surface area contributed by atoms with E-state index in [9.17, 15) is 14.4 Å². The number of para-hydroxylation sites is 1. The molecule has 2 aromatic rings. The number of primary amides is 1. The molecular formula is C19H17N3O5. The van der Waals surface area contributed by atoms with Crippen molar-refractivity contribution in [3.8, 4) is 11.5 Å². The van der Waals surface area contributed by atoms with E-state index in [0.717, 1.165) is 0 Å². The van der Waals surface area contributed by atoms with E-state index in [1.54, 1.807) is 42.5 Å². The lowest BCUT2D eigenvalue weighted by molar-refractivity contribution is -0.120. The Morgan fingerprint density at radius 1 is 1.15 bits per heavy atom. The van der Waals surface area contributed by atoms with Crippen molar-refractivity contribution in [3.05, 3.63) is 59.7 Å². The number of carbonyl (C=O) groups excluding carboxylic acids is 3. The summed E-state index contributed by atoms with van der Waals surface area (Å²) in [6, 6.07) is 13.6. The van der Waals surface area contributed by atoms with Crippen LogP contribution in [0.1, 0.15) is 5.56 Å². The molecule has 1 aliphatic rings. The van der Waals surface area contributed by atoms with Crippen molar-refractivity contribution in [1.29, 1.82) is 0 Å². The second-order valence-electron chi connectivity index (χ2n) is 5.64. The molecule has 3 N–H and O–H groups in total. The van der Waals surface area contributed by atoms with E-state index in [4.69, 9.17) is 15.2 Å². The lowest BCUT2D eigenvalue weighted by Gasteiger charge is -2.13. The first-order valence-corrected chi connectivity index (χ1v) is 8.01. The van der Waals surface area contributed by atoms with Gasteiger partial charge < -0.3 is 15.2 Å². The minimum Gasteiger partial charge on any atom is -0.493 e. The highest BCUT2D eigenvalue weighted by atomic mass is 16.5. The largest absolute Gasteiger partial charge is 0.493 e. The Morgan fingerprint density at radius 3 is 2.56 bits per heavy atom. The molecule has 8 heteroatoms. The summed E-state index contributed by atoms with van der Waals surface area (Å²) >= 11 is 0. The normalized spacial score (nSPS) is 15.0. The number of anilines is 1. The SMILES string of the molecule is COc1cc(/C=C2/C(=O)NN(c3ccccc3)C2=O)ccc1OCC(N)=O. The van der Waals surface area contributed by atoms with Gasteiger partial charge in [0.25, 0.3) is 17.7 Å².